The molecule has 0 saturated heterocycles. The zero-order chi connectivity index (χ0) is 11.2. The molecule has 0 fully saturated rings. The third-order valence-corrected chi connectivity index (χ3v) is 10.9. The molecule has 14 heavy (non-hydrogen) atoms. The molecule has 0 bridgehead atoms. The topological polar surface area (TPSA) is 0 Å². The minimum atomic E-state index is -0.838. The van der Waals surface area contributed by atoms with Crippen molar-refractivity contribution in [3.05, 3.63) is 0 Å². The summed E-state index contributed by atoms with van der Waals surface area (Å²) in [5.41, 5.74) is 0. The fraction of sp³-hybridized carbons (Fsp3) is 1.00. The van der Waals surface area contributed by atoms with Crippen molar-refractivity contribution < 1.29 is 0 Å². The molecule has 0 nitrogen and oxygen atoms in total. The van der Waals surface area contributed by atoms with Crippen LogP contribution in [0.5, 0.6) is 0 Å². The molecular weight excluding hydrogens is 204 g/mol. The number of thioether (sulfide) groups is 1. The van der Waals surface area contributed by atoms with E-state index in [-0.39, 0.29) is 0 Å². The molecule has 0 rings (SSSR count). The smallest absolute Gasteiger partial charge is 0.0535 e. The second-order valence-corrected chi connectivity index (χ2v) is 12.8. The zero-order valence-corrected chi connectivity index (χ0v) is 12.8. The van der Waals surface area contributed by atoms with Gasteiger partial charge in [-0.2, -0.15) is 11.8 Å². The molecule has 0 aliphatic heterocycles. The molecule has 0 amide bonds. The minimum Gasteiger partial charge on any atom is -0.156 e. The third kappa shape index (κ3) is 5.45. The van der Waals surface area contributed by atoms with E-state index in [1.54, 1.807) is 0 Å². The van der Waals surface area contributed by atoms with Crippen LogP contribution in [0.4, 0.5) is 0 Å². The summed E-state index contributed by atoms with van der Waals surface area (Å²) in [5.74, 6) is 1.38. The maximum Gasteiger partial charge on any atom is 0.0535 e. The van der Waals surface area contributed by atoms with Crippen LogP contribution in [0.2, 0.25) is 24.2 Å². The van der Waals surface area contributed by atoms with Crippen molar-refractivity contribution >= 4 is 19.8 Å². The maximum absolute atomic E-state index is 2.40. The Morgan fingerprint density at radius 1 is 0.929 bits per heavy atom. The summed E-state index contributed by atoms with van der Waals surface area (Å²) in [6.45, 7) is 14.2. The minimum absolute atomic E-state index is 0.454. The third-order valence-electron chi connectivity index (χ3n) is 3.42. The predicted molar refractivity (Wildman–Crippen MR) is 74.2 cm³/mol. The van der Waals surface area contributed by atoms with Crippen molar-refractivity contribution in [2.75, 3.05) is 5.75 Å². The van der Waals surface area contributed by atoms with Gasteiger partial charge in [0.2, 0.25) is 0 Å². The Kier molecular flexibility index (Phi) is 6.47. The highest BCUT2D eigenvalue weighted by atomic mass is 32.2. The van der Waals surface area contributed by atoms with Crippen LogP contribution in [-0.4, -0.2) is 18.6 Å². The van der Waals surface area contributed by atoms with Gasteiger partial charge in [-0.05, 0) is 11.8 Å². The molecule has 0 spiro atoms. The molecule has 0 saturated carbocycles. The summed E-state index contributed by atoms with van der Waals surface area (Å²) in [6.07, 6.45) is 0. The van der Waals surface area contributed by atoms with Gasteiger partial charge in [0.05, 0.1) is 8.07 Å². The number of hydrogen-bond acceptors (Lipinski definition) is 1. The van der Waals surface area contributed by atoms with Gasteiger partial charge >= 0.3 is 0 Å². The first-order valence-corrected chi connectivity index (χ1v) is 9.84. The van der Waals surface area contributed by atoms with Gasteiger partial charge in [-0.15, -0.1) is 0 Å². The first kappa shape index (κ1) is 14.6. The molecule has 86 valence electrons. The van der Waals surface area contributed by atoms with Gasteiger partial charge in [0, 0.05) is 4.75 Å². The number of rotatable bonds is 6. The van der Waals surface area contributed by atoms with E-state index in [9.17, 15) is 0 Å². The van der Waals surface area contributed by atoms with Crippen LogP contribution in [0.3, 0.4) is 0 Å². The Hall–Kier alpha value is 0.567. The molecule has 0 unspecified atom stereocenters. The Bertz CT molecular complexity index is 137. The molecule has 2 heteroatoms. The normalized spacial score (nSPS) is 13.3. The van der Waals surface area contributed by atoms with Gasteiger partial charge < -0.3 is 0 Å². The van der Waals surface area contributed by atoms with Crippen molar-refractivity contribution in [2.24, 2.45) is 0 Å². The highest BCUT2D eigenvalue weighted by molar-refractivity contribution is 8.00. The molecular formula is C12H28SSi. The summed E-state index contributed by atoms with van der Waals surface area (Å²) in [4.78, 5) is 0. The van der Waals surface area contributed by atoms with E-state index in [1.165, 1.54) is 29.9 Å². The number of hydrogen-bond donors (Lipinski definition) is 0. The second kappa shape index (κ2) is 6.22. The Morgan fingerprint density at radius 3 is 1.64 bits per heavy atom. The van der Waals surface area contributed by atoms with E-state index in [2.05, 4.69) is 53.3 Å². The first-order chi connectivity index (χ1) is 6.39. The summed E-state index contributed by atoms with van der Waals surface area (Å²) in [7, 11) is -0.838. The average molecular weight is 233 g/mol. The molecule has 0 radical (unpaired) electrons. The van der Waals surface area contributed by atoms with Gasteiger partial charge in [-0.3, -0.25) is 0 Å². The van der Waals surface area contributed by atoms with Crippen molar-refractivity contribution in [1.29, 1.82) is 0 Å². The average Bonchev–Trinajstić information content (AvgIpc) is 2.11. The van der Waals surface area contributed by atoms with Crippen LogP contribution < -0.4 is 0 Å². The molecule has 0 aromatic heterocycles. The van der Waals surface area contributed by atoms with Gasteiger partial charge in [0.15, 0.2) is 0 Å². The summed E-state index contributed by atoms with van der Waals surface area (Å²) < 4.78 is 0.454. The fourth-order valence-corrected chi connectivity index (χ4v) is 7.17. The second-order valence-electron chi connectivity index (χ2n) is 5.27. The van der Waals surface area contributed by atoms with E-state index in [4.69, 9.17) is 0 Å². The van der Waals surface area contributed by atoms with Crippen LogP contribution in [-0.2, 0) is 0 Å². The van der Waals surface area contributed by atoms with Crippen molar-refractivity contribution in [3.8, 4) is 0 Å². The van der Waals surface area contributed by atoms with Gasteiger partial charge in [-0.25, -0.2) is 0 Å². The van der Waals surface area contributed by atoms with Gasteiger partial charge in [0.1, 0.15) is 0 Å². The SMILES string of the molecule is CC[Si](CC)(CC)CCSC(C)(C)C. The van der Waals surface area contributed by atoms with Crippen LogP contribution in [0.15, 0.2) is 0 Å². The molecule has 0 aliphatic rings. The van der Waals surface area contributed by atoms with Crippen LogP contribution in [0.25, 0.3) is 0 Å². The van der Waals surface area contributed by atoms with Gasteiger partial charge in [0.25, 0.3) is 0 Å². The summed E-state index contributed by atoms with van der Waals surface area (Å²) in [6, 6.07) is 5.96. The predicted octanol–water partition coefficient (Wildman–Crippen LogP) is 5.03. The molecule has 0 N–H and O–H groups in total. The van der Waals surface area contributed by atoms with Crippen LogP contribution >= 0.6 is 11.8 Å². The summed E-state index contributed by atoms with van der Waals surface area (Å²) in [5, 5.41) is 0. The van der Waals surface area contributed by atoms with E-state index in [1.807, 2.05) is 0 Å². The van der Waals surface area contributed by atoms with E-state index < -0.39 is 8.07 Å². The molecule has 0 aromatic carbocycles. The van der Waals surface area contributed by atoms with E-state index in [0.717, 1.165) is 0 Å². The molecule has 0 heterocycles. The van der Waals surface area contributed by atoms with Crippen molar-refractivity contribution in [3.63, 3.8) is 0 Å². The lowest BCUT2D eigenvalue weighted by molar-refractivity contribution is 0.803. The highest BCUT2D eigenvalue weighted by Gasteiger charge is 2.26. The zero-order valence-electron chi connectivity index (χ0n) is 10.9. The van der Waals surface area contributed by atoms with Crippen LogP contribution in [0, 0.1) is 0 Å². The summed E-state index contributed by atoms with van der Waals surface area (Å²) >= 11 is 2.14. The Balaban J connectivity index is 3.95. The maximum atomic E-state index is 2.40. The van der Waals surface area contributed by atoms with E-state index >= 15 is 0 Å². The largest absolute Gasteiger partial charge is 0.156 e. The molecule has 0 aliphatic carbocycles. The lowest BCUT2D eigenvalue weighted by atomic mass is 10.3. The first-order valence-electron chi connectivity index (χ1n) is 6.03. The fourth-order valence-electron chi connectivity index (χ4n) is 1.85. The Labute approximate surface area is 96.3 Å². The molecule has 0 aromatic rings. The van der Waals surface area contributed by atoms with Crippen LogP contribution in [0.1, 0.15) is 41.5 Å². The van der Waals surface area contributed by atoms with Crippen molar-refractivity contribution in [2.45, 2.75) is 70.5 Å². The van der Waals surface area contributed by atoms with Crippen molar-refractivity contribution in [1.82, 2.24) is 0 Å². The highest BCUT2D eigenvalue weighted by Crippen LogP contribution is 2.30. The van der Waals surface area contributed by atoms with Gasteiger partial charge in [-0.1, -0.05) is 59.7 Å². The standard InChI is InChI=1S/C12H28SSi/c1-7-14(8-2,9-3)11-10-13-12(4,5)6/h7-11H2,1-6H3. The lowest BCUT2D eigenvalue weighted by Gasteiger charge is -2.29. The van der Waals surface area contributed by atoms with E-state index in [0.29, 0.717) is 4.75 Å². The molecule has 0 atom stereocenters. The monoisotopic (exact) mass is 232 g/mol. The quantitative estimate of drug-likeness (QED) is 0.579. The lowest BCUT2D eigenvalue weighted by Crippen LogP contribution is -2.32. The Morgan fingerprint density at radius 2 is 1.36 bits per heavy atom.